The van der Waals surface area contributed by atoms with E-state index in [4.69, 9.17) is 0 Å². The largest absolute Gasteiger partial charge is 0.356 e. The smallest absolute Gasteiger partial charge is 0.0390 e. The fourth-order valence-electron chi connectivity index (χ4n) is 14.6. The summed E-state index contributed by atoms with van der Waals surface area (Å²) < 4.78 is 0. The first-order valence-corrected chi connectivity index (χ1v) is 32.9. The van der Waals surface area contributed by atoms with Gasteiger partial charge in [-0.3, -0.25) is 0 Å². The highest BCUT2D eigenvalue weighted by atomic mass is 14.9. The molecule has 14 aromatic carbocycles. The molecule has 0 aliphatic heterocycles. The lowest BCUT2D eigenvalue weighted by molar-refractivity contribution is 0.660. The number of anilines is 6. The molecule has 0 unspecified atom stereocenters. The van der Waals surface area contributed by atoms with Crippen LogP contribution >= 0.6 is 0 Å². The molecule has 0 amide bonds. The summed E-state index contributed by atoms with van der Waals surface area (Å²) in [5.74, 6) is 0. The first-order valence-electron chi connectivity index (χ1n) is 32.9. The lowest BCUT2D eigenvalue weighted by Crippen LogP contribution is -2.15. The quantitative estimate of drug-likeness (QED) is 0.128. The van der Waals surface area contributed by atoms with E-state index in [0.717, 1.165) is 34.1 Å². The van der Waals surface area contributed by atoms with Crippen molar-refractivity contribution in [3.05, 3.63) is 361 Å². The molecule has 3 aliphatic rings. The van der Waals surface area contributed by atoms with Crippen molar-refractivity contribution in [2.24, 2.45) is 0 Å². The molecular formula is C91H75N3. The predicted octanol–water partition coefficient (Wildman–Crippen LogP) is 25.0. The van der Waals surface area contributed by atoms with E-state index in [1.807, 2.05) is 0 Å². The summed E-state index contributed by atoms with van der Waals surface area (Å²) in [6.45, 7) is 13.9. The van der Waals surface area contributed by atoms with Gasteiger partial charge in [0.2, 0.25) is 0 Å². The number of hydrogen-bond donors (Lipinski definition) is 3. The Morgan fingerprint density at radius 2 is 0.457 bits per heavy atom. The van der Waals surface area contributed by atoms with Crippen molar-refractivity contribution in [1.82, 2.24) is 0 Å². The molecule has 0 heterocycles. The van der Waals surface area contributed by atoms with E-state index in [2.05, 4.69) is 385 Å². The van der Waals surface area contributed by atoms with E-state index in [0.29, 0.717) is 0 Å². The highest BCUT2D eigenvalue weighted by Crippen LogP contribution is 2.53. The zero-order valence-corrected chi connectivity index (χ0v) is 54.2. The molecule has 3 heteroatoms. The Hall–Kier alpha value is -11.3. The summed E-state index contributed by atoms with van der Waals surface area (Å²) in [6, 6.07) is 118. The topological polar surface area (TPSA) is 36.1 Å². The van der Waals surface area contributed by atoms with Gasteiger partial charge in [0.15, 0.2) is 0 Å². The Bertz CT molecular complexity index is 5100. The average Bonchev–Trinajstić information content (AvgIpc) is 1.61. The van der Waals surface area contributed by atoms with E-state index >= 15 is 0 Å². The van der Waals surface area contributed by atoms with Gasteiger partial charge in [0.1, 0.15) is 0 Å². The highest BCUT2D eigenvalue weighted by molar-refractivity contribution is 5.90. The van der Waals surface area contributed by atoms with Crippen molar-refractivity contribution < 1.29 is 0 Å². The predicted molar refractivity (Wildman–Crippen MR) is 400 cm³/mol. The van der Waals surface area contributed by atoms with Crippen LogP contribution in [0.2, 0.25) is 0 Å². The molecular weight excluding hydrogens is 1140 g/mol. The van der Waals surface area contributed by atoms with Gasteiger partial charge in [-0.25, -0.2) is 0 Å². The first-order chi connectivity index (χ1) is 45.8. The molecule has 0 saturated carbocycles. The van der Waals surface area contributed by atoms with Crippen molar-refractivity contribution in [3.8, 4) is 77.9 Å². The SMILES string of the molecule is CC1(C)c2cc(Nc3ccc(-c4ccccc4)cc3)ccc2-c2ccc(-c3ccccc3)cc21.CC1(C)c2ccccc2-c2ccc(Nc3ccc(-c4ccc5ccccc5c4)cc3)cc21.CC1(C)c2ccccc2-c2ccc(Nc3cccc(-c4ccccc4)c3)cc21. The van der Waals surface area contributed by atoms with Crippen LogP contribution in [0, 0.1) is 0 Å². The third-order valence-electron chi connectivity index (χ3n) is 19.7. The number of nitrogens with one attached hydrogen (secondary N) is 3. The number of rotatable bonds is 10. The van der Waals surface area contributed by atoms with E-state index in [1.54, 1.807) is 0 Å². The Morgan fingerprint density at radius 1 is 0.170 bits per heavy atom. The van der Waals surface area contributed by atoms with Gasteiger partial charge in [-0.15, -0.1) is 0 Å². The van der Waals surface area contributed by atoms with Crippen molar-refractivity contribution in [2.45, 2.75) is 57.8 Å². The fourth-order valence-corrected chi connectivity index (χ4v) is 14.6. The van der Waals surface area contributed by atoms with Crippen LogP contribution in [-0.2, 0) is 16.2 Å². The Labute approximate surface area is 554 Å². The van der Waals surface area contributed by atoms with Crippen LogP contribution in [0.15, 0.2) is 328 Å². The van der Waals surface area contributed by atoms with Gasteiger partial charge in [0.25, 0.3) is 0 Å². The second-order valence-electron chi connectivity index (χ2n) is 26.8. The molecule has 0 radical (unpaired) electrons. The first kappa shape index (κ1) is 59.1. The molecule has 0 aromatic heterocycles. The third-order valence-corrected chi connectivity index (χ3v) is 19.7. The van der Waals surface area contributed by atoms with Crippen LogP contribution in [0.4, 0.5) is 34.1 Å². The van der Waals surface area contributed by atoms with Gasteiger partial charge >= 0.3 is 0 Å². The molecule has 17 rings (SSSR count). The molecule has 3 aliphatic carbocycles. The van der Waals surface area contributed by atoms with E-state index in [1.165, 1.54) is 122 Å². The molecule has 0 spiro atoms. The van der Waals surface area contributed by atoms with E-state index in [9.17, 15) is 0 Å². The summed E-state index contributed by atoms with van der Waals surface area (Å²) in [5.41, 5.74) is 33.1. The standard InChI is InChI=1S/C33H27N.C31H25N.C27H23N/c1-33(2)31-21-26(24-11-7-4-8-12-24)15-19-29(31)30-20-18-28(22-32(30)33)34-27-16-13-25(14-17-27)23-9-5-3-6-10-23;1-31(2)29-10-6-5-9-27(29)28-18-17-26(20-30(28)31)32-25-15-13-22(14-16-25)24-12-11-21-7-3-4-8-23(21)19-24;1-27(2)25-14-7-6-13-23(25)24-16-15-22(18-26(24)27)28-21-12-8-11-20(17-21)19-9-4-3-5-10-19/h3-22,34H,1-2H3;3-20,32H,1-2H3;3-18,28H,1-2H3. The maximum atomic E-state index is 3.61. The van der Waals surface area contributed by atoms with Crippen LogP contribution < -0.4 is 16.0 Å². The van der Waals surface area contributed by atoms with Crippen LogP contribution in [0.25, 0.3) is 88.7 Å². The molecule has 454 valence electrons. The van der Waals surface area contributed by atoms with Gasteiger partial charge in [-0.05, 0) is 207 Å². The summed E-state index contributed by atoms with van der Waals surface area (Å²) in [4.78, 5) is 0. The summed E-state index contributed by atoms with van der Waals surface area (Å²) in [7, 11) is 0. The van der Waals surface area contributed by atoms with Gasteiger partial charge in [0, 0.05) is 50.4 Å². The van der Waals surface area contributed by atoms with Gasteiger partial charge < -0.3 is 16.0 Å². The van der Waals surface area contributed by atoms with E-state index < -0.39 is 0 Å². The van der Waals surface area contributed by atoms with Crippen LogP contribution in [0.3, 0.4) is 0 Å². The number of benzene rings is 14. The van der Waals surface area contributed by atoms with E-state index in [-0.39, 0.29) is 16.2 Å². The molecule has 0 saturated heterocycles. The molecule has 3 nitrogen and oxygen atoms in total. The van der Waals surface area contributed by atoms with Gasteiger partial charge in [0.05, 0.1) is 0 Å². The minimum Gasteiger partial charge on any atom is -0.356 e. The lowest BCUT2D eigenvalue weighted by Gasteiger charge is -2.23. The Kier molecular flexibility index (Phi) is 15.3. The molecule has 14 aromatic rings. The lowest BCUT2D eigenvalue weighted by atomic mass is 9.81. The molecule has 3 N–H and O–H groups in total. The van der Waals surface area contributed by atoms with Crippen LogP contribution in [0.5, 0.6) is 0 Å². The third kappa shape index (κ3) is 11.3. The second-order valence-corrected chi connectivity index (χ2v) is 26.8. The summed E-state index contributed by atoms with van der Waals surface area (Å²) in [6.07, 6.45) is 0. The van der Waals surface area contributed by atoms with Gasteiger partial charge in [-0.1, -0.05) is 284 Å². The normalized spacial score (nSPS) is 13.5. The minimum absolute atomic E-state index is 0.0174. The average molecular weight is 1210 g/mol. The Morgan fingerprint density at radius 3 is 0.947 bits per heavy atom. The molecule has 0 atom stereocenters. The molecule has 94 heavy (non-hydrogen) atoms. The van der Waals surface area contributed by atoms with Crippen LogP contribution in [0.1, 0.15) is 74.9 Å². The minimum atomic E-state index is -0.0513. The monoisotopic (exact) mass is 1210 g/mol. The zero-order chi connectivity index (χ0) is 64.0. The van der Waals surface area contributed by atoms with Crippen molar-refractivity contribution in [3.63, 3.8) is 0 Å². The van der Waals surface area contributed by atoms with Crippen LogP contribution in [-0.4, -0.2) is 0 Å². The van der Waals surface area contributed by atoms with Gasteiger partial charge in [-0.2, -0.15) is 0 Å². The number of hydrogen-bond acceptors (Lipinski definition) is 3. The second kappa shape index (κ2) is 24.4. The van der Waals surface area contributed by atoms with Crippen molar-refractivity contribution >= 4 is 44.9 Å². The summed E-state index contributed by atoms with van der Waals surface area (Å²) in [5, 5.41) is 13.4. The highest BCUT2D eigenvalue weighted by Gasteiger charge is 2.38. The van der Waals surface area contributed by atoms with Crippen molar-refractivity contribution in [2.75, 3.05) is 16.0 Å². The number of fused-ring (bicyclic) bond motifs is 10. The maximum absolute atomic E-state index is 3.61. The summed E-state index contributed by atoms with van der Waals surface area (Å²) >= 11 is 0. The van der Waals surface area contributed by atoms with Crippen molar-refractivity contribution in [1.29, 1.82) is 0 Å². The molecule has 0 bridgehead atoms. The molecule has 0 fully saturated rings. The Balaban J connectivity index is 0.000000117. The zero-order valence-electron chi connectivity index (χ0n) is 54.2. The fraction of sp³-hybridized carbons (Fsp3) is 0.0989. The maximum Gasteiger partial charge on any atom is 0.0390 e.